The van der Waals surface area contributed by atoms with Crippen LogP contribution < -0.4 is 10.6 Å². The van der Waals surface area contributed by atoms with Gasteiger partial charge < -0.3 is 5.32 Å². The highest BCUT2D eigenvalue weighted by Gasteiger charge is 2.11. The number of para-hydroxylation sites is 1. The summed E-state index contributed by atoms with van der Waals surface area (Å²) < 4.78 is 2.00. The fraction of sp³-hybridized carbons (Fsp3) is 0.190. The van der Waals surface area contributed by atoms with Crippen molar-refractivity contribution >= 4 is 23.7 Å². The number of urea groups is 1. The zero-order chi connectivity index (χ0) is 19.8. The van der Waals surface area contributed by atoms with Gasteiger partial charge in [-0.05, 0) is 24.1 Å². The molecule has 2 N–H and O–H groups in total. The van der Waals surface area contributed by atoms with Crippen molar-refractivity contribution in [3.8, 4) is 5.69 Å². The number of carbonyl (C=O) groups excluding carboxylic acids is 2. The number of amides is 3. The normalized spacial score (nSPS) is 10.5. The van der Waals surface area contributed by atoms with E-state index in [9.17, 15) is 9.59 Å². The highest BCUT2D eigenvalue weighted by molar-refractivity contribution is 7.99. The number of carbonyl (C=O) groups is 2. The monoisotopic (exact) mass is 394 g/mol. The van der Waals surface area contributed by atoms with E-state index in [-0.39, 0.29) is 12.3 Å². The van der Waals surface area contributed by atoms with Crippen LogP contribution in [0.3, 0.4) is 0 Å². The largest absolute Gasteiger partial charge is 0.334 e. The molecule has 3 aromatic rings. The topological polar surface area (TPSA) is 76.0 Å². The van der Waals surface area contributed by atoms with Gasteiger partial charge in [0.1, 0.15) is 0 Å². The number of nitrogens with zero attached hydrogens (tertiary/aromatic N) is 2. The Balaban J connectivity index is 1.44. The van der Waals surface area contributed by atoms with Crippen molar-refractivity contribution < 1.29 is 9.59 Å². The minimum absolute atomic E-state index is 0.226. The van der Waals surface area contributed by atoms with Crippen LogP contribution in [0.15, 0.2) is 72.1 Å². The molecular weight excluding hydrogens is 372 g/mol. The van der Waals surface area contributed by atoms with Crippen molar-refractivity contribution in [2.75, 3.05) is 5.75 Å². The first-order valence-corrected chi connectivity index (χ1v) is 9.96. The van der Waals surface area contributed by atoms with E-state index in [0.29, 0.717) is 12.3 Å². The number of aromatic nitrogens is 2. The van der Waals surface area contributed by atoms with Crippen LogP contribution in [0.4, 0.5) is 4.79 Å². The molecule has 0 aliphatic carbocycles. The first-order valence-electron chi connectivity index (χ1n) is 8.97. The van der Waals surface area contributed by atoms with Gasteiger partial charge in [0.05, 0.1) is 5.69 Å². The maximum absolute atomic E-state index is 12.0. The number of benzene rings is 2. The minimum Gasteiger partial charge on any atom is -0.334 e. The second kappa shape index (κ2) is 9.75. The van der Waals surface area contributed by atoms with Gasteiger partial charge in [-0.2, -0.15) is 0 Å². The van der Waals surface area contributed by atoms with E-state index >= 15 is 0 Å². The lowest BCUT2D eigenvalue weighted by atomic mass is 10.2. The molecule has 3 rings (SSSR count). The molecule has 0 unspecified atom stereocenters. The summed E-state index contributed by atoms with van der Waals surface area (Å²) in [5.74, 6) is 0.216. The molecule has 0 aliphatic rings. The molecule has 0 saturated heterocycles. The Bertz CT molecular complexity index is 940. The summed E-state index contributed by atoms with van der Waals surface area (Å²) in [5, 5.41) is 5.85. The molecule has 1 aromatic heterocycles. The number of thioether (sulfide) groups is 1. The summed E-state index contributed by atoms with van der Waals surface area (Å²) in [5.41, 5.74) is 3.19. The van der Waals surface area contributed by atoms with Crippen LogP contribution in [0.25, 0.3) is 5.69 Å². The Hall–Kier alpha value is -3.06. The van der Waals surface area contributed by atoms with Crippen LogP contribution in [-0.4, -0.2) is 27.2 Å². The molecule has 0 radical (unpaired) electrons. The standard InChI is InChI=1S/C21H22N4O2S/c1-16-7-5-6-10-18(16)25-13-12-22-21(25)28-14-11-19(26)24-20(27)23-15-17-8-3-2-4-9-17/h2-10,12-13H,11,14-15H2,1H3,(H2,23,24,26,27). The third kappa shape index (κ3) is 5.47. The molecule has 0 bridgehead atoms. The van der Waals surface area contributed by atoms with Crippen LogP contribution in [0.1, 0.15) is 17.5 Å². The van der Waals surface area contributed by atoms with Crippen molar-refractivity contribution in [1.82, 2.24) is 20.2 Å². The van der Waals surface area contributed by atoms with Gasteiger partial charge in [0.25, 0.3) is 0 Å². The summed E-state index contributed by atoms with van der Waals surface area (Å²) >= 11 is 1.48. The Morgan fingerprint density at radius 1 is 1.07 bits per heavy atom. The highest BCUT2D eigenvalue weighted by atomic mass is 32.2. The Kier molecular flexibility index (Phi) is 6.86. The number of imidazole rings is 1. The molecule has 0 spiro atoms. The molecule has 0 fully saturated rings. The van der Waals surface area contributed by atoms with E-state index in [1.165, 1.54) is 11.8 Å². The van der Waals surface area contributed by atoms with Crippen molar-refractivity contribution in [2.24, 2.45) is 0 Å². The molecule has 0 atom stereocenters. The fourth-order valence-corrected chi connectivity index (χ4v) is 3.56. The van der Waals surface area contributed by atoms with Gasteiger partial charge in [-0.25, -0.2) is 9.78 Å². The number of aryl methyl sites for hydroxylation is 1. The fourth-order valence-electron chi connectivity index (χ4n) is 2.66. The molecular formula is C21H22N4O2S. The lowest BCUT2D eigenvalue weighted by molar-refractivity contribution is -0.119. The Labute approximate surface area is 168 Å². The van der Waals surface area contributed by atoms with E-state index in [0.717, 1.165) is 22.0 Å². The molecule has 144 valence electrons. The number of imide groups is 1. The van der Waals surface area contributed by atoms with E-state index in [1.54, 1.807) is 6.20 Å². The second-order valence-corrected chi connectivity index (χ2v) is 7.24. The smallest absolute Gasteiger partial charge is 0.321 e. The Morgan fingerprint density at radius 3 is 2.61 bits per heavy atom. The van der Waals surface area contributed by atoms with Crippen molar-refractivity contribution in [3.63, 3.8) is 0 Å². The van der Waals surface area contributed by atoms with Gasteiger partial charge in [-0.15, -0.1) is 0 Å². The van der Waals surface area contributed by atoms with Crippen molar-refractivity contribution in [1.29, 1.82) is 0 Å². The Morgan fingerprint density at radius 2 is 1.82 bits per heavy atom. The lowest BCUT2D eigenvalue weighted by Gasteiger charge is -2.10. The molecule has 0 saturated carbocycles. The summed E-state index contributed by atoms with van der Waals surface area (Å²) in [4.78, 5) is 28.2. The highest BCUT2D eigenvalue weighted by Crippen LogP contribution is 2.22. The maximum atomic E-state index is 12.0. The molecule has 1 heterocycles. The van der Waals surface area contributed by atoms with Crippen LogP contribution in [0, 0.1) is 6.92 Å². The van der Waals surface area contributed by atoms with Gasteiger partial charge >= 0.3 is 6.03 Å². The third-order valence-corrected chi connectivity index (χ3v) is 5.06. The quantitative estimate of drug-likeness (QED) is 0.599. The average molecular weight is 395 g/mol. The zero-order valence-corrected chi connectivity index (χ0v) is 16.4. The van der Waals surface area contributed by atoms with Crippen molar-refractivity contribution in [2.45, 2.75) is 25.0 Å². The average Bonchev–Trinajstić information content (AvgIpc) is 3.16. The van der Waals surface area contributed by atoms with Crippen LogP contribution >= 0.6 is 11.8 Å². The summed E-state index contributed by atoms with van der Waals surface area (Å²) in [6.45, 7) is 2.42. The van der Waals surface area contributed by atoms with E-state index in [1.807, 2.05) is 72.3 Å². The molecule has 0 aliphatic heterocycles. The minimum atomic E-state index is -0.486. The summed E-state index contributed by atoms with van der Waals surface area (Å²) in [6.07, 6.45) is 3.87. The predicted molar refractivity (Wildman–Crippen MR) is 110 cm³/mol. The molecule has 2 aromatic carbocycles. The van der Waals surface area contributed by atoms with E-state index < -0.39 is 6.03 Å². The van der Waals surface area contributed by atoms with Gasteiger partial charge in [-0.3, -0.25) is 14.7 Å². The number of rotatable bonds is 7. The molecule has 7 heteroatoms. The van der Waals surface area contributed by atoms with Crippen LogP contribution in [0.5, 0.6) is 0 Å². The SMILES string of the molecule is Cc1ccccc1-n1ccnc1SCCC(=O)NC(=O)NCc1ccccc1. The summed E-state index contributed by atoms with van der Waals surface area (Å²) in [7, 11) is 0. The molecule has 6 nitrogen and oxygen atoms in total. The first-order chi connectivity index (χ1) is 13.6. The number of hydrogen-bond donors (Lipinski definition) is 2. The maximum Gasteiger partial charge on any atom is 0.321 e. The van der Waals surface area contributed by atoms with Gasteiger partial charge in [0.15, 0.2) is 5.16 Å². The van der Waals surface area contributed by atoms with Gasteiger partial charge in [0.2, 0.25) is 5.91 Å². The second-order valence-electron chi connectivity index (χ2n) is 6.18. The lowest BCUT2D eigenvalue weighted by Crippen LogP contribution is -2.39. The number of nitrogens with one attached hydrogen (secondary N) is 2. The van der Waals surface area contributed by atoms with Crippen molar-refractivity contribution in [3.05, 3.63) is 78.1 Å². The first kappa shape index (κ1) is 19.7. The van der Waals surface area contributed by atoms with Gasteiger partial charge in [-0.1, -0.05) is 60.3 Å². The molecule has 3 amide bonds. The van der Waals surface area contributed by atoms with Gasteiger partial charge in [0, 0.05) is 31.1 Å². The van der Waals surface area contributed by atoms with Crippen LogP contribution in [0.2, 0.25) is 0 Å². The third-order valence-electron chi connectivity index (χ3n) is 4.09. The predicted octanol–water partition coefficient (Wildman–Crippen LogP) is 3.69. The zero-order valence-electron chi connectivity index (χ0n) is 15.6. The van der Waals surface area contributed by atoms with E-state index in [2.05, 4.69) is 15.6 Å². The molecule has 28 heavy (non-hydrogen) atoms. The van der Waals surface area contributed by atoms with Crippen LogP contribution in [-0.2, 0) is 11.3 Å². The van der Waals surface area contributed by atoms with E-state index in [4.69, 9.17) is 0 Å². The summed E-state index contributed by atoms with van der Waals surface area (Å²) in [6, 6.07) is 17.1. The number of hydrogen-bond acceptors (Lipinski definition) is 4.